The smallest absolute Gasteiger partial charge is 0.332 e. The highest BCUT2D eigenvalue weighted by molar-refractivity contribution is 6.19. The van der Waals surface area contributed by atoms with Gasteiger partial charge in [0.05, 0.1) is 6.61 Å². The third-order valence-corrected chi connectivity index (χ3v) is 9.25. The van der Waals surface area contributed by atoms with Crippen molar-refractivity contribution >= 4 is 17.8 Å². The number of pyridine rings is 1. The van der Waals surface area contributed by atoms with Crippen molar-refractivity contribution in [3.63, 3.8) is 0 Å². The number of fused-ring (bicyclic) bond motifs is 4. The molecule has 9 nitrogen and oxygen atoms in total. The molecule has 2 bridgehead atoms. The molecule has 4 amide bonds. The van der Waals surface area contributed by atoms with Gasteiger partial charge in [0, 0.05) is 58.0 Å². The second-order valence-corrected chi connectivity index (χ2v) is 12.4. The molecule has 4 heterocycles. The summed E-state index contributed by atoms with van der Waals surface area (Å²) in [7, 11) is 2.91. The lowest BCUT2D eigenvalue weighted by atomic mass is 9.75. The van der Waals surface area contributed by atoms with Crippen LogP contribution in [0.4, 0.5) is 4.79 Å². The Morgan fingerprint density at radius 2 is 1.52 bits per heavy atom. The van der Waals surface area contributed by atoms with Crippen molar-refractivity contribution < 1.29 is 19.1 Å². The maximum atomic E-state index is 13.9. The number of unbranched alkanes of at least 4 members (excludes halogenated alkanes) is 5. The van der Waals surface area contributed by atoms with Crippen LogP contribution in [-0.2, 0) is 22.6 Å². The summed E-state index contributed by atoms with van der Waals surface area (Å²) in [5.41, 5.74) is 0.444. The number of rotatable bonds is 12. The van der Waals surface area contributed by atoms with E-state index in [2.05, 4.69) is 11.8 Å². The molecule has 2 atom stereocenters. The van der Waals surface area contributed by atoms with Gasteiger partial charge in [0.1, 0.15) is 11.2 Å². The molecule has 3 aliphatic heterocycles. The number of nitrogens with zero attached hydrogens (tertiary/aromatic N) is 4. The van der Waals surface area contributed by atoms with Gasteiger partial charge in [0.15, 0.2) is 0 Å². The zero-order valence-electron chi connectivity index (χ0n) is 25.2. The number of hydrogen-bond donors (Lipinski definition) is 0. The van der Waals surface area contributed by atoms with Gasteiger partial charge in [0.2, 0.25) is 11.8 Å². The molecule has 0 radical (unpaired) electrons. The van der Waals surface area contributed by atoms with Crippen LogP contribution in [0.5, 0.6) is 5.75 Å². The Bertz CT molecular complexity index is 1330. The van der Waals surface area contributed by atoms with E-state index in [0.29, 0.717) is 26.2 Å². The fourth-order valence-corrected chi connectivity index (χ4v) is 7.11. The molecule has 0 spiro atoms. The third-order valence-electron chi connectivity index (χ3n) is 9.25. The van der Waals surface area contributed by atoms with Crippen LogP contribution in [-0.4, -0.2) is 77.4 Å². The van der Waals surface area contributed by atoms with Gasteiger partial charge >= 0.3 is 6.03 Å². The van der Waals surface area contributed by atoms with E-state index >= 15 is 0 Å². The summed E-state index contributed by atoms with van der Waals surface area (Å²) < 4.78 is 7.82. The molecule has 2 saturated heterocycles. The van der Waals surface area contributed by atoms with Crippen LogP contribution < -0.4 is 10.3 Å². The van der Waals surface area contributed by atoms with E-state index in [1.165, 1.54) is 39.8 Å². The van der Waals surface area contributed by atoms with Gasteiger partial charge in [-0.3, -0.25) is 24.2 Å². The van der Waals surface area contributed by atoms with Gasteiger partial charge in [-0.25, -0.2) is 4.79 Å². The molecular formula is C33H44N4O5. The number of urea groups is 1. The molecular weight excluding hydrogens is 532 g/mol. The molecule has 3 aliphatic rings. The van der Waals surface area contributed by atoms with E-state index in [1.807, 2.05) is 34.9 Å². The van der Waals surface area contributed by atoms with E-state index in [-0.39, 0.29) is 30.4 Å². The Balaban J connectivity index is 1.32. The van der Waals surface area contributed by atoms with Gasteiger partial charge in [0.25, 0.3) is 5.56 Å². The second-order valence-electron chi connectivity index (χ2n) is 12.4. The molecule has 0 aliphatic carbocycles. The van der Waals surface area contributed by atoms with Crippen LogP contribution in [0.1, 0.15) is 69.0 Å². The summed E-state index contributed by atoms with van der Waals surface area (Å²) >= 11 is 0. The first-order chi connectivity index (χ1) is 20.2. The number of benzene rings is 1. The molecule has 2 aromatic rings. The molecule has 2 unspecified atom stereocenters. The van der Waals surface area contributed by atoms with E-state index < -0.39 is 23.3 Å². The van der Waals surface area contributed by atoms with Crippen molar-refractivity contribution in [2.75, 3.05) is 40.3 Å². The Labute approximate surface area is 248 Å². The predicted octanol–water partition coefficient (Wildman–Crippen LogP) is 4.29. The molecule has 9 heteroatoms. The molecule has 5 rings (SSSR count). The maximum Gasteiger partial charge on any atom is 0.332 e. The van der Waals surface area contributed by atoms with E-state index in [0.717, 1.165) is 46.1 Å². The van der Waals surface area contributed by atoms with Gasteiger partial charge in [-0.15, -0.1) is 0 Å². The molecule has 42 heavy (non-hydrogen) atoms. The first-order valence-electron chi connectivity index (χ1n) is 15.5. The number of carbonyl (C=O) groups excluding carboxylic acids is 3. The van der Waals surface area contributed by atoms with Crippen molar-refractivity contribution in [3.05, 3.63) is 64.1 Å². The molecule has 0 N–H and O–H groups in total. The van der Waals surface area contributed by atoms with Crippen LogP contribution in [0.25, 0.3) is 0 Å². The fourth-order valence-electron chi connectivity index (χ4n) is 7.11. The monoisotopic (exact) mass is 576 g/mol. The van der Waals surface area contributed by atoms with Gasteiger partial charge in [-0.1, -0.05) is 57.2 Å². The van der Waals surface area contributed by atoms with Gasteiger partial charge in [-0.2, -0.15) is 0 Å². The fraction of sp³-hybridized carbons (Fsp3) is 0.576. The predicted molar refractivity (Wildman–Crippen MR) is 160 cm³/mol. The average molecular weight is 577 g/mol. The molecule has 0 saturated carbocycles. The number of carbonyl (C=O) groups is 3. The number of barbiturate groups is 1. The minimum atomic E-state index is -1.43. The highest BCUT2D eigenvalue weighted by atomic mass is 16.5. The number of aromatic nitrogens is 1. The summed E-state index contributed by atoms with van der Waals surface area (Å²) in [6.07, 6.45) is 8.36. The second kappa shape index (κ2) is 12.8. The van der Waals surface area contributed by atoms with E-state index in [4.69, 9.17) is 4.74 Å². The topological polar surface area (TPSA) is 92.2 Å². The normalized spacial score (nSPS) is 21.9. The summed E-state index contributed by atoms with van der Waals surface area (Å²) in [5.74, 6) is 0.238. The van der Waals surface area contributed by atoms with Crippen LogP contribution in [0.3, 0.4) is 0 Å². The number of ether oxygens (including phenoxy) is 1. The van der Waals surface area contributed by atoms with Crippen LogP contribution in [0.2, 0.25) is 0 Å². The Kier molecular flexibility index (Phi) is 9.16. The zero-order chi connectivity index (χ0) is 29.9. The lowest BCUT2D eigenvalue weighted by molar-refractivity contribution is -0.159. The molecule has 226 valence electrons. The number of piperidine rings is 1. The molecule has 1 aromatic carbocycles. The SMILES string of the molecule is CCCCCCCCOc1ccc(CC2(CN3CC4CC(C3)c3cccc(=O)n3C4)C(=O)N(C)C(=O)N(C)C2=O)cc1. The Hall–Kier alpha value is -3.46. The van der Waals surface area contributed by atoms with Crippen molar-refractivity contribution in [2.24, 2.45) is 11.3 Å². The van der Waals surface area contributed by atoms with Crippen LogP contribution in [0.15, 0.2) is 47.3 Å². The van der Waals surface area contributed by atoms with Crippen molar-refractivity contribution in [1.29, 1.82) is 0 Å². The van der Waals surface area contributed by atoms with E-state index in [9.17, 15) is 19.2 Å². The molecule has 1 aromatic heterocycles. The largest absolute Gasteiger partial charge is 0.494 e. The lowest BCUT2D eigenvalue weighted by Gasteiger charge is -2.48. The Morgan fingerprint density at radius 1 is 0.833 bits per heavy atom. The number of likely N-dealkylation sites (tertiary alicyclic amines) is 1. The number of imide groups is 2. The average Bonchev–Trinajstić information content (AvgIpc) is 2.99. The standard InChI is InChI=1S/C33H44N4O5/c1-4-5-6-7-8-9-17-42-27-15-13-24(14-16-27)19-33(30(39)34(2)32(41)35(3)31(33)40)23-36-20-25-18-26(22-36)28-11-10-12-29(38)37(28)21-25/h10-16,25-26H,4-9,17-23H2,1-3H3. The highest BCUT2D eigenvalue weighted by Crippen LogP contribution is 2.39. The zero-order valence-corrected chi connectivity index (χ0v) is 25.2. The third kappa shape index (κ3) is 6.02. The number of amides is 4. The van der Waals surface area contributed by atoms with Crippen LogP contribution >= 0.6 is 0 Å². The molecule has 2 fully saturated rings. The van der Waals surface area contributed by atoms with Crippen LogP contribution in [0, 0.1) is 11.3 Å². The van der Waals surface area contributed by atoms with Gasteiger partial charge < -0.3 is 14.2 Å². The summed E-state index contributed by atoms with van der Waals surface area (Å²) in [6, 6.07) is 12.4. The quantitative estimate of drug-likeness (QED) is 0.277. The Morgan fingerprint density at radius 3 is 2.24 bits per heavy atom. The minimum absolute atomic E-state index is 0.0194. The first kappa shape index (κ1) is 30.0. The lowest BCUT2D eigenvalue weighted by Crippen LogP contribution is -2.67. The minimum Gasteiger partial charge on any atom is -0.494 e. The van der Waals surface area contributed by atoms with E-state index in [1.54, 1.807) is 12.1 Å². The number of hydrogen-bond acceptors (Lipinski definition) is 6. The summed E-state index contributed by atoms with van der Waals surface area (Å²) in [4.78, 5) is 57.3. The summed E-state index contributed by atoms with van der Waals surface area (Å²) in [5, 5.41) is 0. The van der Waals surface area contributed by atoms with Crippen molar-refractivity contribution in [3.8, 4) is 5.75 Å². The van der Waals surface area contributed by atoms with Crippen molar-refractivity contribution in [1.82, 2.24) is 19.3 Å². The first-order valence-corrected chi connectivity index (χ1v) is 15.5. The summed E-state index contributed by atoms with van der Waals surface area (Å²) in [6.45, 7) is 5.06. The van der Waals surface area contributed by atoms with Crippen molar-refractivity contribution in [2.45, 2.75) is 70.8 Å². The maximum absolute atomic E-state index is 13.9. The van der Waals surface area contributed by atoms with Gasteiger partial charge in [-0.05, 0) is 48.9 Å². The highest BCUT2D eigenvalue weighted by Gasteiger charge is 2.56.